The average Bonchev–Trinajstić information content (AvgIpc) is 3.11. The zero-order chi connectivity index (χ0) is 17.9. The summed E-state index contributed by atoms with van der Waals surface area (Å²) in [5.74, 6) is 0.609. The molecule has 3 saturated carbocycles. The van der Waals surface area contributed by atoms with E-state index in [-0.39, 0.29) is 6.54 Å². The van der Waals surface area contributed by atoms with Gasteiger partial charge in [-0.2, -0.15) is 0 Å². The molecule has 132 valence electrons. The number of hydrogen-bond acceptors (Lipinski definition) is 5. The molecule has 3 aromatic heterocycles. The van der Waals surface area contributed by atoms with Crippen molar-refractivity contribution in [3.8, 4) is 5.82 Å². The van der Waals surface area contributed by atoms with Gasteiger partial charge in [-0.05, 0) is 11.6 Å². The van der Waals surface area contributed by atoms with Crippen LogP contribution in [0.5, 0.6) is 0 Å². The fourth-order valence-corrected chi connectivity index (χ4v) is 4.05. The molecular formula is C17H15FN6O2. The molecule has 3 aliphatic rings. The highest BCUT2D eigenvalue weighted by molar-refractivity contribution is 5.25. The van der Waals surface area contributed by atoms with Crippen LogP contribution in [-0.4, -0.2) is 34.8 Å². The van der Waals surface area contributed by atoms with Gasteiger partial charge in [0.15, 0.2) is 5.82 Å². The predicted octanol–water partition coefficient (Wildman–Crippen LogP) is 0.635. The highest BCUT2D eigenvalue weighted by Crippen LogP contribution is 2.66. The fraction of sp³-hybridized carbons (Fsp3) is 0.353. The first-order valence-electron chi connectivity index (χ1n) is 8.31. The Balaban J connectivity index is 1.40. The van der Waals surface area contributed by atoms with Gasteiger partial charge in [-0.15, -0.1) is 5.10 Å². The second-order valence-electron chi connectivity index (χ2n) is 7.18. The monoisotopic (exact) mass is 354 g/mol. The summed E-state index contributed by atoms with van der Waals surface area (Å²) in [6.45, 7) is 0.236. The lowest BCUT2D eigenvalue weighted by Gasteiger charge is -2.65. The van der Waals surface area contributed by atoms with Crippen LogP contribution < -0.4 is 11.1 Å². The molecule has 3 aliphatic carbocycles. The Bertz CT molecular complexity index is 1080. The molecule has 0 saturated heterocycles. The molecular weight excluding hydrogens is 339 g/mol. The van der Waals surface area contributed by atoms with Crippen molar-refractivity contribution >= 4 is 0 Å². The number of halogens is 1. The summed E-state index contributed by atoms with van der Waals surface area (Å²) in [6, 6.07) is 3.58. The van der Waals surface area contributed by atoms with Crippen LogP contribution >= 0.6 is 0 Å². The van der Waals surface area contributed by atoms with Crippen molar-refractivity contribution in [1.29, 1.82) is 0 Å². The number of alkyl halides is 1. The molecule has 6 rings (SSSR count). The zero-order valence-electron chi connectivity index (χ0n) is 13.7. The standard InChI is InChI=1S/C17H15FN6O2/c18-16-9-17(10-16,11-16)23-6-5-22(14(25)15(23)26)8-12-1-2-13(19-7-12)24-4-3-20-21-24/h1-7H,8-11H2. The largest absolute Gasteiger partial charge is 0.316 e. The van der Waals surface area contributed by atoms with Crippen LogP contribution in [0.2, 0.25) is 0 Å². The van der Waals surface area contributed by atoms with Crippen molar-refractivity contribution in [1.82, 2.24) is 29.1 Å². The third-order valence-electron chi connectivity index (χ3n) is 5.33. The fourth-order valence-electron chi connectivity index (χ4n) is 4.05. The molecule has 0 N–H and O–H groups in total. The Morgan fingerprint density at radius 2 is 1.88 bits per heavy atom. The number of pyridine rings is 1. The van der Waals surface area contributed by atoms with E-state index in [2.05, 4.69) is 15.3 Å². The minimum absolute atomic E-state index is 0.236. The summed E-state index contributed by atoms with van der Waals surface area (Å²) < 4.78 is 18.0. The zero-order valence-corrected chi connectivity index (χ0v) is 13.7. The van der Waals surface area contributed by atoms with Crippen molar-refractivity contribution in [2.45, 2.75) is 37.0 Å². The van der Waals surface area contributed by atoms with E-state index in [1.807, 2.05) is 6.07 Å². The van der Waals surface area contributed by atoms with Gasteiger partial charge in [0.05, 0.1) is 24.5 Å². The molecule has 3 aromatic rings. The van der Waals surface area contributed by atoms with E-state index in [1.54, 1.807) is 37.1 Å². The molecule has 9 heteroatoms. The normalized spacial score (nSPS) is 26.2. The van der Waals surface area contributed by atoms with Crippen LogP contribution in [-0.2, 0) is 12.1 Å². The lowest BCUT2D eigenvalue weighted by atomic mass is 9.47. The second kappa shape index (κ2) is 4.96. The van der Waals surface area contributed by atoms with E-state index in [0.717, 1.165) is 5.56 Å². The maximum absolute atomic E-state index is 13.7. The van der Waals surface area contributed by atoms with Gasteiger partial charge in [0.1, 0.15) is 5.67 Å². The smallest absolute Gasteiger partial charge is 0.305 e. The molecule has 8 nitrogen and oxygen atoms in total. The van der Waals surface area contributed by atoms with Crippen molar-refractivity contribution in [3.63, 3.8) is 0 Å². The Labute approximate surface area is 146 Å². The number of nitrogens with zero attached hydrogens (tertiary/aromatic N) is 6. The maximum Gasteiger partial charge on any atom is 0.316 e. The minimum Gasteiger partial charge on any atom is -0.305 e. The molecule has 0 aromatic carbocycles. The van der Waals surface area contributed by atoms with Gasteiger partial charge in [0.2, 0.25) is 0 Å². The van der Waals surface area contributed by atoms with Crippen molar-refractivity contribution in [3.05, 3.63) is 69.4 Å². The van der Waals surface area contributed by atoms with Gasteiger partial charge in [-0.25, -0.2) is 14.1 Å². The van der Waals surface area contributed by atoms with Crippen molar-refractivity contribution < 1.29 is 4.39 Å². The Hall–Kier alpha value is -3.10. The molecule has 2 bridgehead atoms. The third-order valence-corrected chi connectivity index (χ3v) is 5.33. The van der Waals surface area contributed by atoms with Crippen LogP contribution in [0.4, 0.5) is 4.39 Å². The predicted molar refractivity (Wildman–Crippen MR) is 88.9 cm³/mol. The first-order chi connectivity index (χ1) is 12.5. The SMILES string of the molecule is O=c1c(=O)n(C23CC(F)(C2)C3)ccn1Cc1ccc(-n2ccnn2)nc1. The van der Waals surface area contributed by atoms with E-state index < -0.39 is 22.3 Å². The van der Waals surface area contributed by atoms with Crippen LogP contribution in [0.3, 0.4) is 0 Å². The average molecular weight is 354 g/mol. The summed E-state index contributed by atoms with van der Waals surface area (Å²) in [5.41, 5.74) is -2.02. The summed E-state index contributed by atoms with van der Waals surface area (Å²) in [6.07, 6.45) is 9.04. The molecule has 0 atom stereocenters. The Kier molecular flexibility index (Phi) is 2.90. The van der Waals surface area contributed by atoms with Gasteiger partial charge in [0, 0.05) is 37.9 Å². The second-order valence-corrected chi connectivity index (χ2v) is 7.18. The van der Waals surface area contributed by atoms with E-state index in [4.69, 9.17) is 0 Å². The van der Waals surface area contributed by atoms with Crippen LogP contribution in [0.1, 0.15) is 24.8 Å². The first-order valence-corrected chi connectivity index (χ1v) is 8.31. The highest BCUT2D eigenvalue weighted by Gasteiger charge is 2.70. The van der Waals surface area contributed by atoms with Gasteiger partial charge >= 0.3 is 11.1 Å². The lowest BCUT2D eigenvalue weighted by molar-refractivity contribution is -0.199. The van der Waals surface area contributed by atoms with Crippen LogP contribution in [0.15, 0.2) is 52.7 Å². The molecule has 0 spiro atoms. The molecule has 3 heterocycles. The minimum atomic E-state index is -1.12. The first kappa shape index (κ1) is 15.2. The highest BCUT2D eigenvalue weighted by atomic mass is 19.1. The van der Waals surface area contributed by atoms with Gasteiger partial charge < -0.3 is 9.13 Å². The van der Waals surface area contributed by atoms with E-state index in [1.165, 1.54) is 13.8 Å². The molecule has 0 unspecified atom stereocenters. The van der Waals surface area contributed by atoms with Crippen LogP contribution in [0.25, 0.3) is 5.82 Å². The van der Waals surface area contributed by atoms with Gasteiger partial charge in [-0.3, -0.25) is 9.59 Å². The summed E-state index contributed by atoms with van der Waals surface area (Å²) in [4.78, 5) is 29.1. The lowest BCUT2D eigenvalue weighted by Crippen LogP contribution is -2.72. The number of rotatable bonds is 4. The summed E-state index contributed by atoms with van der Waals surface area (Å²) in [5, 5.41) is 7.58. The summed E-state index contributed by atoms with van der Waals surface area (Å²) in [7, 11) is 0. The molecule has 3 fully saturated rings. The molecule has 0 aliphatic heterocycles. The topological polar surface area (TPSA) is 87.6 Å². The quantitative estimate of drug-likeness (QED) is 0.642. The van der Waals surface area contributed by atoms with Crippen molar-refractivity contribution in [2.24, 2.45) is 0 Å². The Morgan fingerprint density at radius 1 is 1.08 bits per heavy atom. The van der Waals surface area contributed by atoms with Crippen molar-refractivity contribution in [2.75, 3.05) is 0 Å². The van der Waals surface area contributed by atoms with E-state index >= 15 is 0 Å². The van der Waals surface area contributed by atoms with Crippen LogP contribution in [0, 0.1) is 0 Å². The molecule has 0 amide bonds. The third kappa shape index (κ3) is 2.09. The number of hydrogen-bond donors (Lipinski definition) is 0. The van der Waals surface area contributed by atoms with Gasteiger partial charge in [-0.1, -0.05) is 11.3 Å². The Morgan fingerprint density at radius 3 is 2.50 bits per heavy atom. The summed E-state index contributed by atoms with van der Waals surface area (Å²) >= 11 is 0. The van der Waals surface area contributed by atoms with Gasteiger partial charge in [0.25, 0.3) is 0 Å². The molecule has 26 heavy (non-hydrogen) atoms. The molecule has 0 radical (unpaired) electrons. The van der Waals surface area contributed by atoms with E-state index in [0.29, 0.717) is 25.1 Å². The number of aromatic nitrogens is 6. The van der Waals surface area contributed by atoms with E-state index in [9.17, 15) is 14.0 Å². The maximum atomic E-state index is 13.7.